The van der Waals surface area contributed by atoms with Crippen LogP contribution in [-0.2, 0) is 12.8 Å². The Labute approximate surface area is 110 Å². The van der Waals surface area contributed by atoms with Crippen molar-refractivity contribution < 1.29 is 4.74 Å². The molecule has 0 radical (unpaired) electrons. The van der Waals surface area contributed by atoms with Crippen LogP contribution in [0.1, 0.15) is 25.2 Å². The van der Waals surface area contributed by atoms with Crippen LogP contribution in [0.15, 0.2) is 18.5 Å². The molecule has 0 aliphatic rings. The van der Waals surface area contributed by atoms with Gasteiger partial charge in [-0.2, -0.15) is 4.98 Å². The van der Waals surface area contributed by atoms with Crippen LogP contribution in [0.5, 0.6) is 11.8 Å². The van der Waals surface area contributed by atoms with Gasteiger partial charge in [0.2, 0.25) is 0 Å². The smallest absolute Gasteiger partial charge is 0.341 e. The lowest BCUT2D eigenvalue weighted by molar-refractivity contribution is 0.426. The van der Waals surface area contributed by atoms with Crippen molar-refractivity contribution >= 4 is 11.6 Å². The van der Waals surface area contributed by atoms with Crippen LogP contribution in [0.2, 0.25) is 5.02 Å². The molecule has 2 aromatic heterocycles. The van der Waals surface area contributed by atoms with E-state index >= 15 is 0 Å². The number of ether oxygens (including phenoxy) is 1. The molecule has 5 nitrogen and oxygen atoms in total. The summed E-state index contributed by atoms with van der Waals surface area (Å²) in [5, 5.41) is 8.53. The molecule has 0 spiro atoms. The average molecular weight is 265 g/mol. The van der Waals surface area contributed by atoms with Crippen LogP contribution in [-0.4, -0.2) is 20.2 Å². The first-order valence-corrected chi connectivity index (χ1v) is 6.11. The molecule has 94 valence electrons. The highest BCUT2D eigenvalue weighted by atomic mass is 35.5. The van der Waals surface area contributed by atoms with E-state index in [1.807, 2.05) is 13.8 Å². The van der Waals surface area contributed by atoms with Crippen LogP contribution >= 0.6 is 11.6 Å². The summed E-state index contributed by atoms with van der Waals surface area (Å²) in [7, 11) is 0. The Morgan fingerprint density at radius 2 is 1.89 bits per heavy atom. The monoisotopic (exact) mass is 264 g/mol. The van der Waals surface area contributed by atoms with Gasteiger partial charge in [-0.3, -0.25) is 4.98 Å². The molecule has 0 aliphatic heterocycles. The topological polar surface area (TPSA) is 60.8 Å². The molecular formula is C12H13ClN4O. The Hall–Kier alpha value is -1.75. The number of hydrogen-bond donors (Lipinski definition) is 0. The normalized spacial score (nSPS) is 10.4. The third-order valence-corrected chi connectivity index (χ3v) is 2.59. The van der Waals surface area contributed by atoms with Crippen molar-refractivity contribution in [3.8, 4) is 11.8 Å². The summed E-state index contributed by atoms with van der Waals surface area (Å²) < 4.78 is 5.47. The molecule has 0 saturated carbocycles. The minimum atomic E-state index is 0.216. The summed E-state index contributed by atoms with van der Waals surface area (Å²) in [6.45, 7) is 4.04. The number of nitrogens with zero attached hydrogens (tertiary/aromatic N) is 4. The Morgan fingerprint density at radius 3 is 2.56 bits per heavy atom. The van der Waals surface area contributed by atoms with Crippen molar-refractivity contribution in [1.82, 2.24) is 20.2 Å². The van der Waals surface area contributed by atoms with Gasteiger partial charge in [0.25, 0.3) is 0 Å². The highest BCUT2D eigenvalue weighted by Crippen LogP contribution is 2.20. The van der Waals surface area contributed by atoms with Crippen LogP contribution in [0, 0.1) is 0 Å². The van der Waals surface area contributed by atoms with E-state index in [1.165, 1.54) is 6.20 Å². The molecule has 0 aromatic carbocycles. The number of aryl methyl sites for hydroxylation is 2. The summed E-state index contributed by atoms with van der Waals surface area (Å²) in [5.41, 5.74) is 1.80. The van der Waals surface area contributed by atoms with E-state index in [2.05, 4.69) is 20.2 Å². The third-order valence-electron chi connectivity index (χ3n) is 2.38. The number of aromatic nitrogens is 4. The first kappa shape index (κ1) is 12.7. The lowest BCUT2D eigenvalue weighted by Crippen LogP contribution is -2.04. The lowest BCUT2D eigenvalue weighted by Gasteiger charge is -2.06. The fourth-order valence-corrected chi connectivity index (χ4v) is 1.68. The molecule has 0 N–H and O–H groups in total. The van der Waals surface area contributed by atoms with Crippen molar-refractivity contribution in [3.05, 3.63) is 34.9 Å². The van der Waals surface area contributed by atoms with Gasteiger partial charge in [0, 0.05) is 12.3 Å². The quantitative estimate of drug-likeness (QED) is 0.850. The van der Waals surface area contributed by atoms with Gasteiger partial charge in [0.15, 0.2) is 5.75 Å². The molecule has 0 aliphatic carbocycles. The summed E-state index contributed by atoms with van der Waals surface area (Å²) in [4.78, 5) is 8.24. The van der Waals surface area contributed by atoms with E-state index in [-0.39, 0.29) is 6.01 Å². The van der Waals surface area contributed by atoms with E-state index in [1.54, 1.807) is 12.3 Å². The molecule has 0 saturated heterocycles. The van der Waals surface area contributed by atoms with E-state index in [0.29, 0.717) is 10.8 Å². The third kappa shape index (κ3) is 2.92. The molecular weight excluding hydrogens is 252 g/mol. The molecule has 18 heavy (non-hydrogen) atoms. The maximum Gasteiger partial charge on any atom is 0.341 e. The molecule has 2 heterocycles. The second kappa shape index (κ2) is 5.73. The van der Waals surface area contributed by atoms with Gasteiger partial charge < -0.3 is 4.74 Å². The SMILES string of the molecule is CCc1nnc(Oc2cncc(Cl)c2)nc1CC. The van der Waals surface area contributed by atoms with E-state index in [9.17, 15) is 0 Å². The zero-order valence-corrected chi connectivity index (χ0v) is 11.0. The fraction of sp³-hybridized carbons (Fsp3) is 0.333. The van der Waals surface area contributed by atoms with Gasteiger partial charge >= 0.3 is 6.01 Å². The lowest BCUT2D eigenvalue weighted by atomic mass is 10.2. The first-order valence-electron chi connectivity index (χ1n) is 5.73. The van der Waals surface area contributed by atoms with Crippen LogP contribution < -0.4 is 4.74 Å². The Kier molecular flexibility index (Phi) is 4.04. The number of halogens is 1. The molecule has 0 bridgehead atoms. The molecule has 2 rings (SSSR count). The Balaban J connectivity index is 2.24. The number of pyridine rings is 1. The zero-order valence-electron chi connectivity index (χ0n) is 10.2. The van der Waals surface area contributed by atoms with Crippen LogP contribution in [0.25, 0.3) is 0 Å². The van der Waals surface area contributed by atoms with Crippen LogP contribution in [0.3, 0.4) is 0 Å². The van der Waals surface area contributed by atoms with Gasteiger partial charge in [-0.25, -0.2) is 0 Å². The second-order valence-electron chi connectivity index (χ2n) is 3.64. The Morgan fingerprint density at radius 1 is 1.11 bits per heavy atom. The van der Waals surface area contributed by atoms with Gasteiger partial charge in [0.05, 0.1) is 22.6 Å². The van der Waals surface area contributed by atoms with Crippen LogP contribution in [0.4, 0.5) is 0 Å². The van der Waals surface area contributed by atoms with Gasteiger partial charge in [-0.15, -0.1) is 5.10 Å². The van der Waals surface area contributed by atoms with E-state index in [0.717, 1.165) is 24.2 Å². The maximum atomic E-state index is 5.82. The van der Waals surface area contributed by atoms with Gasteiger partial charge in [-0.1, -0.05) is 30.5 Å². The highest BCUT2D eigenvalue weighted by molar-refractivity contribution is 6.30. The predicted molar refractivity (Wildman–Crippen MR) is 67.9 cm³/mol. The van der Waals surface area contributed by atoms with Gasteiger partial charge in [-0.05, 0) is 12.8 Å². The minimum absolute atomic E-state index is 0.216. The minimum Gasteiger partial charge on any atom is -0.422 e. The highest BCUT2D eigenvalue weighted by Gasteiger charge is 2.08. The summed E-state index contributed by atoms with van der Waals surface area (Å²) in [5.74, 6) is 0.496. The Bertz CT molecular complexity index is 547. The molecule has 0 unspecified atom stereocenters. The standard InChI is InChI=1S/C12H13ClN4O/c1-3-10-11(4-2)16-17-12(15-10)18-9-5-8(13)6-14-7-9/h5-7H,3-4H2,1-2H3. The number of rotatable bonds is 4. The predicted octanol–water partition coefficient (Wildman–Crippen LogP) is 2.84. The van der Waals surface area contributed by atoms with E-state index < -0.39 is 0 Å². The average Bonchev–Trinajstić information content (AvgIpc) is 2.38. The molecule has 0 fully saturated rings. The molecule has 2 aromatic rings. The van der Waals surface area contributed by atoms with E-state index in [4.69, 9.17) is 16.3 Å². The molecule has 0 atom stereocenters. The second-order valence-corrected chi connectivity index (χ2v) is 4.07. The van der Waals surface area contributed by atoms with Crippen molar-refractivity contribution in [2.45, 2.75) is 26.7 Å². The van der Waals surface area contributed by atoms with Crippen molar-refractivity contribution in [2.75, 3.05) is 0 Å². The maximum absolute atomic E-state index is 5.82. The summed E-state index contributed by atoms with van der Waals surface area (Å²) >= 11 is 5.82. The fourth-order valence-electron chi connectivity index (χ4n) is 1.52. The summed E-state index contributed by atoms with van der Waals surface area (Å²) in [6.07, 6.45) is 4.69. The zero-order chi connectivity index (χ0) is 13.0. The van der Waals surface area contributed by atoms with Crippen molar-refractivity contribution in [2.24, 2.45) is 0 Å². The van der Waals surface area contributed by atoms with Crippen molar-refractivity contribution in [3.63, 3.8) is 0 Å². The first-order chi connectivity index (χ1) is 8.72. The van der Waals surface area contributed by atoms with Gasteiger partial charge in [0.1, 0.15) is 0 Å². The molecule has 0 amide bonds. The molecule has 6 heteroatoms. The van der Waals surface area contributed by atoms with Crippen molar-refractivity contribution in [1.29, 1.82) is 0 Å². The largest absolute Gasteiger partial charge is 0.422 e. The summed E-state index contributed by atoms with van der Waals surface area (Å²) in [6, 6.07) is 1.87. The number of hydrogen-bond acceptors (Lipinski definition) is 5.